The molecule has 0 heterocycles. The van der Waals surface area contributed by atoms with Crippen molar-refractivity contribution in [2.45, 2.75) is 13.5 Å². The fraction of sp³-hybridized carbons (Fsp3) is 0.222. The Kier molecular flexibility index (Phi) is 6.17. The van der Waals surface area contributed by atoms with Crippen molar-refractivity contribution in [1.29, 1.82) is 0 Å². The Labute approximate surface area is 134 Å². The van der Waals surface area contributed by atoms with E-state index in [2.05, 4.69) is 0 Å². The largest absolute Gasteiger partial charge is 0.489 e. The first-order valence-corrected chi connectivity index (χ1v) is 7.28. The van der Waals surface area contributed by atoms with E-state index in [0.29, 0.717) is 17.9 Å². The van der Waals surface area contributed by atoms with E-state index in [1.807, 2.05) is 30.3 Å². The van der Waals surface area contributed by atoms with Crippen LogP contribution in [0.15, 0.2) is 54.6 Å². The molecule has 120 valence electrons. The van der Waals surface area contributed by atoms with E-state index < -0.39 is 18.5 Å². The van der Waals surface area contributed by atoms with Gasteiger partial charge in [-0.25, -0.2) is 9.59 Å². The number of rotatable bonds is 7. The molecule has 0 N–H and O–H groups in total. The SMILES string of the molecule is CCOC(=O)COC(=O)c1cccc(OCc2ccccc2)c1. The monoisotopic (exact) mass is 314 g/mol. The average molecular weight is 314 g/mol. The zero-order chi connectivity index (χ0) is 16.5. The summed E-state index contributed by atoms with van der Waals surface area (Å²) in [5.74, 6) is -0.611. The van der Waals surface area contributed by atoms with Crippen molar-refractivity contribution >= 4 is 11.9 Å². The highest BCUT2D eigenvalue weighted by atomic mass is 16.6. The Morgan fingerprint density at radius 2 is 1.74 bits per heavy atom. The predicted octanol–water partition coefficient (Wildman–Crippen LogP) is 2.99. The van der Waals surface area contributed by atoms with Crippen molar-refractivity contribution in [3.8, 4) is 5.75 Å². The molecular weight excluding hydrogens is 296 g/mol. The topological polar surface area (TPSA) is 61.8 Å². The molecule has 0 aliphatic rings. The highest BCUT2D eigenvalue weighted by Crippen LogP contribution is 2.16. The van der Waals surface area contributed by atoms with E-state index in [0.717, 1.165) is 5.56 Å². The van der Waals surface area contributed by atoms with Gasteiger partial charge in [0.2, 0.25) is 0 Å². The third-order valence-electron chi connectivity index (χ3n) is 2.94. The molecule has 2 aromatic carbocycles. The molecule has 0 atom stereocenters. The van der Waals surface area contributed by atoms with Gasteiger partial charge in [0.15, 0.2) is 6.61 Å². The molecule has 2 aromatic rings. The van der Waals surface area contributed by atoms with Crippen LogP contribution < -0.4 is 4.74 Å². The molecule has 23 heavy (non-hydrogen) atoms. The van der Waals surface area contributed by atoms with Crippen molar-refractivity contribution in [2.24, 2.45) is 0 Å². The van der Waals surface area contributed by atoms with E-state index in [1.165, 1.54) is 0 Å². The maximum Gasteiger partial charge on any atom is 0.344 e. The van der Waals surface area contributed by atoms with Crippen molar-refractivity contribution in [1.82, 2.24) is 0 Å². The van der Waals surface area contributed by atoms with Crippen molar-refractivity contribution in [3.05, 3.63) is 65.7 Å². The summed E-state index contributed by atoms with van der Waals surface area (Å²) >= 11 is 0. The van der Waals surface area contributed by atoms with Gasteiger partial charge in [-0.3, -0.25) is 0 Å². The molecule has 0 aliphatic carbocycles. The first kappa shape index (κ1) is 16.5. The molecule has 5 heteroatoms. The van der Waals surface area contributed by atoms with Crippen LogP contribution in [0.2, 0.25) is 0 Å². The summed E-state index contributed by atoms with van der Waals surface area (Å²) in [5, 5.41) is 0. The van der Waals surface area contributed by atoms with Gasteiger partial charge < -0.3 is 14.2 Å². The lowest BCUT2D eigenvalue weighted by Crippen LogP contribution is -2.16. The van der Waals surface area contributed by atoms with Crippen LogP contribution >= 0.6 is 0 Å². The number of hydrogen-bond acceptors (Lipinski definition) is 5. The minimum atomic E-state index is -0.594. The first-order chi connectivity index (χ1) is 11.2. The van der Waals surface area contributed by atoms with Crippen LogP contribution in [0.25, 0.3) is 0 Å². The molecule has 0 spiro atoms. The number of ether oxygens (including phenoxy) is 3. The number of carbonyl (C=O) groups is 2. The quantitative estimate of drug-likeness (QED) is 0.735. The zero-order valence-corrected chi connectivity index (χ0v) is 12.9. The Morgan fingerprint density at radius 3 is 2.48 bits per heavy atom. The van der Waals surface area contributed by atoms with Gasteiger partial charge in [0, 0.05) is 0 Å². The van der Waals surface area contributed by atoms with Crippen LogP contribution in [0.1, 0.15) is 22.8 Å². The van der Waals surface area contributed by atoms with Crippen LogP contribution in [0.4, 0.5) is 0 Å². The minimum absolute atomic E-state index is 0.249. The van der Waals surface area contributed by atoms with Gasteiger partial charge in [-0.2, -0.15) is 0 Å². The van der Waals surface area contributed by atoms with Crippen LogP contribution in [-0.4, -0.2) is 25.2 Å². The minimum Gasteiger partial charge on any atom is -0.489 e. The number of esters is 2. The first-order valence-electron chi connectivity index (χ1n) is 7.28. The Bertz CT molecular complexity index is 651. The summed E-state index contributed by atoms with van der Waals surface area (Å²) in [6.07, 6.45) is 0. The summed E-state index contributed by atoms with van der Waals surface area (Å²) in [6.45, 7) is 1.94. The molecule has 0 aromatic heterocycles. The number of carbonyl (C=O) groups excluding carboxylic acids is 2. The maximum absolute atomic E-state index is 11.9. The molecule has 0 aliphatic heterocycles. The lowest BCUT2D eigenvalue weighted by Gasteiger charge is -2.08. The van der Waals surface area contributed by atoms with Gasteiger partial charge >= 0.3 is 11.9 Å². The summed E-state index contributed by atoms with van der Waals surface area (Å²) < 4.78 is 15.2. The second-order valence-corrected chi connectivity index (χ2v) is 4.68. The van der Waals surface area contributed by atoms with Crippen LogP contribution in [0, 0.1) is 0 Å². The van der Waals surface area contributed by atoms with Gasteiger partial charge in [0.05, 0.1) is 12.2 Å². The lowest BCUT2D eigenvalue weighted by atomic mass is 10.2. The normalized spacial score (nSPS) is 9.96. The van der Waals surface area contributed by atoms with Gasteiger partial charge in [-0.05, 0) is 30.7 Å². The smallest absolute Gasteiger partial charge is 0.344 e. The third-order valence-corrected chi connectivity index (χ3v) is 2.94. The number of benzene rings is 2. The standard InChI is InChI=1S/C18H18O5/c1-2-21-17(19)13-23-18(20)15-9-6-10-16(11-15)22-12-14-7-4-3-5-8-14/h3-11H,2,12-13H2,1H3. The second-order valence-electron chi connectivity index (χ2n) is 4.68. The lowest BCUT2D eigenvalue weighted by molar-refractivity contribution is -0.146. The summed E-state index contributed by atoms with van der Waals surface area (Å²) in [7, 11) is 0. The van der Waals surface area contributed by atoms with Crippen LogP contribution in [0.5, 0.6) is 5.75 Å². The van der Waals surface area contributed by atoms with Gasteiger partial charge in [0.25, 0.3) is 0 Å². The summed E-state index contributed by atoms with van der Waals surface area (Å²) in [6, 6.07) is 16.3. The average Bonchev–Trinajstić information content (AvgIpc) is 2.59. The summed E-state index contributed by atoms with van der Waals surface area (Å²) in [5.41, 5.74) is 1.35. The summed E-state index contributed by atoms with van der Waals surface area (Å²) in [4.78, 5) is 23.1. The fourth-order valence-electron chi connectivity index (χ4n) is 1.86. The van der Waals surface area contributed by atoms with Crippen molar-refractivity contribution in [2.75, 3.05) is 13.2 Å². The number of hydrogen-bond donors (Lipinski definition) is 0. The molecule has 0 saturated carbocycles. The molecule has 5 nitrogen and oxygen atoms in total. The molecule has 0 bridgehead atoms. The van der Waals surface area contributed by atoms with E-state index in [4.69, 9.17) is 14.2 Å². The van der Waals surface area contributed by atoms with Gasteiger partial charge in [-0.1, -0.05) is 36.4 Å². The molecule has 0 amide bonds. The highest BCUT2D eigenvalue weighted by Gasteiger charge is 2.11. The molecule has 0 saturated heterocycles. The molecule has 0 fully saturated rings. The van der Waals surface area contributed by atoms with E-state index >= 15 is 0 Å². The Morgan fingerprint density at radius 1 is 0.957 bits per heavy atom. The van der Waals surface area contributed by atoms with Crippen molar-refractivity contribution < 1.29 is 23.8 Å². The van der Waals surface area contributed by atoms with Crippen LogP contribution in [0.3, 0.4) is 0 Å². The Balaban J connectivity index is 1.91. The van der Waals surface area contributed by atoms with E-state index in [1.54, 1.807) is 31.2 Å². The van der Waals surface area contributed by atoms with E-state index in [9.17, 15) is 9.59 Å². The molecule has 0 unspecified atom stereocenters. The fourth-order valence-corrected chi connectivity index (χ4v) is 1.86. The Hall–Kier alpha value is -2.82. The van der Waals surface area contributed by atoms with E-state index in [-0.39, 0.29) is 6.61 Å². The van der Waals surface area contributed by atoms with Gasteiger partial charge in [-0.15, -0.1) is 0 Å². The highest BCUT2D eigenvalue weighted by molar-refractivity contribution is 5.91. The zero-order valence-electron chi connectivity index (χ0n) is 12.9. The van der Waals surface area contributed by atoms with Gasteiger partial charge in [0.1, 0.15) is 12.4 Å². The predicted molar refractivity (Wildman–Crippen MR) is 84.1 cm³/mol. The second kappa shape index (κ2) is 8.58. The molecule has 2 rings (SSSR count). The van der Waals surface area contributed by atoms with Crippen molar-refractivity contribution in [3.63, 3.8) is 0 Å². The molecule has 0 radical (unpaired) electrons. The maximum atomic E-state index is 11.9. The molecular formula is C18H18O5. The third kappa shape index (κ3) is 5.47. The van der Waals surface area contributed by atoms with Crippen LogP contribution in [-0.2, 0) is 20.9 Å².